The zero-order valence-corrected chi connectivity index (χ0v) is 34.0. The number of fused-ring (bicyclic) bond motifs is 14. The molecule has 8 aromatic carbocycles. The van der Waals surface area contributed by atoms with Crippen molar-refractivity contribution in [2.75, 3.05) is 4.90 Å². The summed E-state index contributed by atoms with van der Waals surface area (Å²) in [5, 5.41) is 4.80. The average molecular weight is 773 g/mol. The highest BCUT2D eigenvalue weighted by molar-refractivity contribution is 6.14. The highest BCUT2D eigenvalue weighted by Crippen LogP contribution is 2.59. The fourth-order valence-corrected chi connectivity index (χ4v) is 11.8. The van der Waals surface area contributed by atoms with Gasteiger partial charge in [0.2, 0.25) is 0 Å². The number of para-hydroxylation sites is 1. The number of aromatic amines is 1. The first-order valence-corrected chi connectivity index (χ1v) is 21.7. The van der Waals surface area contributed by atoms with Gasteiger partial charge in [-0.3, -0.25) is 0 Å². The lowest BCUT2D eigenvalue weighted by Crippen LogP contribution is -2.28. The highest BCUT2D eigenvalue weighted by atomic mass is 16.3. The van der Waals surface area contributed by atoms with Crippen LogP contribution in [0.1, 0.15) is 68.2 Å². The number of anilines is 3. The zero-order valence-electron chi connectivity index (χ0n) is 34.0. The van der Waals surface area contributed by atoms with Crippen molar-refractivity contribution < 1.29 is 4.42 Å². The lowest BCUT2D eigenvalue weighted by atomic mass is 9.68. The van der Waals surface area contributed by atoms with Crippen LogP contribution in [-0.2, 0) is 10.8 Å². The molecule has 0 bridgehead atoms. The SMILES string of the molecule is CC1(C)c2ccccc2-c2cc3c(cc21)[nH]c1ccc(-c2ccc(N(c4cccc5c4-c4ccccc4C54CCCCC4)c4cccc5oc6ccccc6c45)cc2)cc13. The van der Waals surface area contributed by atoms with E-state index in [1.165, 1.54) is 115 Å². The van der Waals surface area contributed by atoms with Crippen molar-refractivity contribution >= 4 is 60.8 Å². The maximum absolute atomic E-state index is 6.51. The molecule has 3 heteroatoms. The molecule has 1 spiro atoms. The molecule has 3 aliphatic rings. The minimum absolute atomic E-state index is 0.0328. The molecule has 3 aliphatic carbocycles. The summed E-state index contributed by atoms with van der Waals surface area (Å²) in [6, 6.07) is 61.2. The third-order valence-electron chi connectivity index (χ3n) is 14.6. The summed E-state index contributed by atoms with van der Waals surface area (Å²) in [4.78, 5) is 6.28. The van der Waals surface area contributed by atoms with Crippen LogP contribution >= 0.6 is 0 Å². The molecule has 288 valence electrons. The molecule has 10 aromatic rings. The maximum Gasteiger partial charge on any atom is 0.137 e. The molecule has 0 amide bonds. The first kappa shape index (κ1) is 34.1. The molecule has 1 saturated carbocycles. The molecule has 13 rings (SSSR count). The second-order valence-electron chi connectivity index (χ2n) is 18.0. The van der Waals surface area contributed by atoms with Crippen LogP contribution in [-0.4, -0.2) is 4.98 Å². The standard InChI is InChI=1S/C57H44N2O/c1-56(2)44-17-7-4-14-38(44)41-33-43-42-32-36(26-29-48(42)58-49(43)34-47(41)56)35-24-27-37(28-25-35)59(51-21-13-23-53-55(51)40-16-6-9-22-52(40)60-53)50-20-12-19-46-54(50)39-15-5-8-18-45(39)57(46)30-10-3-11-31-57/h4-9,12-29,32-34,58H,3,10-11,30-31H2,1-2H3. The molecule has 0 aliphatic heterocycles. The minimum atomic E-state index is -0.0328. The zero-order chi connectivity index (χ0) is 39.7. The molecular weight excluding hydrogens is 729 g/mol. The Hall–Kier alpha value is -6.84. The van der Waals surface area contributed by atoms with Gasteiger partial charge in [-0.1, -0.05) is 136 Å². The topological polar surface area (TPSA) is 32.2 Å². The Morgan fingerprint density at radius 3 is 2.03 bits per heavy atom. The Bertz CT molecular complexity index is 3390. The Morgan fingerprint density at radius 1 is 0.483 bits per heavy atom. The first-order valence-electron chi connectivity index (χ1n) is 21.7. The van der Waals surface area contributed by atoms with Gasteiger partial charge in [0.1, 0.15) is 11.2 Å². The van der Waals surface area contributed by atoms with Gasteiger partial charge in [-0.2, -0.15) is 0 Å². The number of aromatic nitrogens is 1. The highest BCUT2D eigenvalue weighted by Gasteiger charge is 2.45. The molecular formula is C57H44N2O. The van der Waals surface area contributed by atoms with Crippen LogP contribution < -0.4 is 4.90 Å². The van der Waals surface area contributed by atoms with E-state index in [1.54, 1.807) is 0 Å². The van der Waals surface area contributed by atoms with Gasteiger partial charge in [-0.05, 0) is 124 Å². The molecule has 0 saturated heterocycles. The van der Waals surface area contributed by atoms with Gasteiger partial charge in [0.25, 0.3) is 0 Å². The van der Waals surface area contributed by atoms with Crippen LogP contribution in [0.3, 0.4) is 0 Å². The van der Waals surface area contributed by atoms with Gasteiger partial charge in [0.15, 0.2) is 0 Å². The molecule has 0 unspecified atom stereocenters. The van der Waals surface area contributed by atoms with E-state index < -0.39 is 0 Å². The van der Waals surface area contributed by atoms with Crippen molar-refractivity contribution in [1.82, 2.24) is 4.98 Å². The van der Waals surface area contributed by atoms with E-state index in [4.69, 9.17) is 4.42 Å². The molecule has 1 N–H and O–H groups in total. The monoisotopic (exact) mass is 772 g/mol. The van der Waals surface area contributed by atoms with Gasteiger partial charge < -0.3 is 14.3 Å². The molecule has 2 heterocycles. The molecule has 3 nitrogen and oxygen atoms in total. The van der Waals surface area contributed by atoms with E-state index in [0.29, 0.717) is 0 Å². The van der Waals surface area contributed by atoms with Crippen LogP contribution in [0, 0.1) is 0 Å². The normalized spacial score (nSPS) is 15.8. The van der Waals surface area contributed by atoms with Crippen LogP contribution in [0.5, 0.6) is 0 Å². The number of H-pyrrole nitrogens is 1. The smallest absolute Gasteiger partial charge is 0.137 e. The predicted molar refractivity (Wildman–Crippen MR) is 250 cm³/mol. The number of nitrogens with zero attached hydrogens (tertiary/aromatic N) is 1. The van der Waals surface area contributed by atoms with Gasteiger partial charge in [-0.25, -0.2) is 0 Å². The van der Waals surface area contributed by atoms with Crippen LogP contribution in [0.25, 0.3) is 77.1 Å². The van der Waals surface area contributed by atoms with E-state index >= 15 is 0 Å². The van der Waals surface area contributed by atoms with E-state index in [9.17, 15) is 0 Å². The lowest BCUT2D eigenvalue weighted by molar-refractivity contribution is 0.353. The summed E-state index contributed by atoms with van der Waals surface area (Å²) in [6.45, 7) is 4.70. The summed E-state index contributed by atoms with van der Waals surface area (Å²) in [6.07, 6.45) is 6.25. The van der Waals surface area contributed by atoms with Crippen molar-refractivity contribution in [2.24, 2.45) is 0 Å². The van der Waals surface area contributed by atoms with Crippen LogP contribution in [0.4, 0.5) is 17.1 Å². The van der Waals surface area contributed by atoms with Crippen molar-refractivity contribution in [3.63, 3.8) is 0 Å². The van der Waals surface area contributed by atoms with Crippen molar-refractivity contribution in [1.29, 1.82) is 0 Å². The Morgan fingerprint density at radius 2 is 1.17 bits per heavy atom. The van der Waals surface area contributed by atoms with Crippen molar-refractivity contribution in [2.45, 2.75) is 56.8 Å². The molecule has 2 aromatic heterocycles. The number of hydrogen-bond acceptors (Lipinski definition) is 2. The Kier molecular flexibility index (Phi) is 7.01. The fraction of sp³-hybridized carbons (Fsp3) is 0.158. The quantitative estimate of drug-likeness (QED) is 0.193. The lowest BCUT2D eigenvalue weighted by Gasteiger charge is -2.36. The summed E-state index contributed by atoms with van der Waals surface area (Å²) in [5.41, 5.74) is 21.3. The van der Waals surface area contributed by atoms with Crippen molar-refractivity contribution in [3.8, 4) is 33.4 Å². The molecule has 0 atom stereocenters. The second-order valence-corrected chi connectivity index (χ2v) is 18.0. The number of hydrogen-bond donors (Lipinski definition) is 1. The first-order chi connectivity index (χ1) is 29.5. The molecule has 1 fully saturated rings. The summed E-state index contributed by atoms with van der Waals surface area (Å²) in [5.74, 6) is 0. The average Bonchev–Trinajstić information content (AvgIpc) is 4.00. The summed E-state index contributed by atoms with van der Waals surface area (Å²) in [7, 11) is 0. The minimum Gasteiger partial charge on any atom is -0.456 e. The third kappa shape index (κ3) is 4.61. The van der Waals surface area contributed by atoms with Gasteiger partial charge in [0.05, 0.1) is 16.8 Å². The number of nitrogens with one attached hydrogen (secondary N) is 1. The van der Waals surface area contributed by atoms with E-state index in [0.717, 1.165) is 33.3 Å². The van der Waals surface area contributed by atoms with Gasteiger partial charge in [0, 0.05) is 49.3 Å². The Labute approximate surface area is 349 Å². The number of furan rings is 1. The summed E-state index contributed by atoms with van der Waals surface area (Å²) < 4.78 is 6.51. The van der Waals surface area contributed by atoms with Crippen LogP contribution in [0.15, 0.2) is 168 Å². The maximum atomic E-state index is 6.51. The van der Waals surface area contributed by atoms with Crippen LogP contribution in [0.2, 0.25) is 0 Å². The van der Waals surface area contributed by atoms with Crippen molar-refractivity contribution in [3.05, 3.63) is 186 Å². The van der Waals surface area contributed by atoms with E-state index in [2.05, 4.69) is 188 Å². The largest absolute Gasteiger partial charge is 0.456 e. The summed E-state index contributed by atoms with van der Waals surface area (Å²) >= 11 is 0. The van der Waals surface area contributed by atoms with E-state index in [1.807, 2.05) is 0 Å². The number of rotatable bonds is 4. The third-order valence-corrected chi connectivity index (χ3v) is 14.6. The van der Waals surface area contributed by atoms with Gasteiger partial charge in [-0.15, -0.1) is 0 Å². The Balaban J connectivity index is 0.982. The molecule has 0 radical (unpaired) electrons. The van der Waals surface area contributed by atoms with Gasteiger partial charge >= 0.3 is 0 Å². The van der Waals surface area contributed by atoms with E-state index in [-0.39, 0.29) is 10.8 Å². The molecule has 60 heavy (non-hydrogen) atoms. The predicted octanol–water partition coefficient (Wildman–Crippen LogP) is 15.9. The second kappa shape index (κ2) is 12.3. The number of benzene rings is 8. The fourth-order valence-electron chi connectivity index (χ4n) is 11.8.